The van der Waals surface area contributed by atoms with Crippen LogP contribution in [0.1, 0.15) is 62.6 Å². The maximum absolute atomic E-state index is 14.4. The zero-order valence-electron chi connectivity index (χ0n) is 30.3. The minimum atomic E-state index is -1.08. The minimum Gasteiger partial charge on any atom is -0.434 e. The number of halogens is 1. The van der Waals surface area contributed by atoms with Crippen molar-refractivity contribution in [3.8, 4) is 0 Å². The molecule has 15 heteroatoms. The number of ketones is 1. The number of carbonyl (C=O) groups excluding carboxylic acids is 3. The number of anilines is 1. The molecular formula is C40H43ClN8O5S. The number of aryl methyl sites for hydroxylation is 1. The Kier molecular flexibility index (Phi) is 11.9. The van der Waals surface area contributed by atoms with Crippen molar-refractivity contribution in [2.45, 2.75) is 69.7 Å². The second-order valence-corrected chi connectivity index (χ2v) is 15.6. The van der Waals surface area contributed by atoms with Crippen molar-refractivity contribution < 1.29 is 23.5 Å². The molecule has 3 atom stereocenters. The van der Waals surface area contributed by atoms with Crippen molar-refractivity contribution in [1.29, 1.82) is 5.41 Å². The van der Waals surface area contributed by atoms with Gasteiger partial charge in [0.25, 0.3) is 5.89 Å². The number of benzene rings is 3. The summed E-state index contributed by atoms with van der Waals surface area (Å²) < 4.78 is 12.1. The third kappa shape index (κ3) is 9.39. The highest BCUT2D eigenvalue weighted by Crippen LogP contribution is 2.32. The van der Waals surface area contributed by atoms with E-state index >= 15 is 0 Å². The van der Waals surface area contributed by atoms with Gasteiger partial charge in [-0.1, -0.05) is 48.0 Å². The lowest BCUT2D eigenvalue weighted by Crippen LogP contribution is -2.51. The number of amides is 2. The van der Waals surface area contributed by atoms with Gasteiger partial charge in [0, 0.05) is 40.9 Å². The van der Waals surface area contributed by atoms with Gasteiger partial charge in [-0.05, 0) is 80.4 Å². The van der Waals surface area contributed by atoms with Crippen molar-refractivity contribution >= 4 is 63.3 Å². The van der Waals surface area contributed by atoms with Crippen LogP contribution in [0.15, 0.2) is 77.2 Å². The number of guanidine groups is 1. The van der Waals surface area contributed by atoms with Crippen LogP contribution in [0.5, 0.6) is 0 Å². The molecule has 0 unspecified atom stereocenters. The molecule has 13 nitrogen and oxygen atoms in total. The quantitative estimate of drug-likeness (QED) is 0.0591. The van der Waals surface area contributed by atoms with Gasteiger partial charge in [0.05, 0.1) is 29.8 Å². The monoisotopic (exact) mass is 782 g/mol. The fraction of sp³-hybridized carbons (Fsp3) is 0.350. The van der Waals surface area contributed by atoms with Crippen LogP contribution in [0.3, 0.4) is 0 Å². The van der Waals surface area contributed by atoms with Gasteiger partial charge in [0.2, 0.25) is 17.6 Å². The number of fused-ring (bicyclic) bond motifs is 1. The van der Waals surface area contributed by atoms with Gasteiger partial charge in [0.1, 0.15) is 17.6 Å². The number of likely N-dealkylation sites (tertiary alicyclic amines) is 1. The Labute approximate surface area is 327 Å². The molecule has 7 rings (SSSR count). The van der Waals surface area contributed by atoms with Crippen LogP contribution in [0.2, 0.25) is 5.02 Å². The molecule has 2 aromatic heterocycles. The fourth-order valence-electron chi connectivity index (χ4n) is 7.06. The lowest BCUT2D eigenvalue weighted by Gasteiger charge is -2.26. The summed E-state index contributed by atoms with van der Waals surface area (Å²) in [6, 6.07) is 19.4. The summed E-state index contributed by atoms with van der Waals surface area (Å²) in [5, 5.41) is 18.3. The standard InChI is InChI=1S/C40H43ClN8O5S/c1-23-31(48-39(55-23)26-14-16-44-17-15-26)20-35(50)49-21-29(53-22-25-6-10-27(41)11-7-25)19-33(49)37(52)46-32(18-24-8-12-28(13-9-24)45-40(42)43)36(51)38-47-30-4-2-3-5-34(30)54-38/h2-13,26,29,32-33,44H,14-22H2,1H3,(H,46,52)(H4,42,43,45)/t29-,32+,33+/m1/s1. The number of carbonyl (C=O) groups is 3. The van der Waals surface area contributed by atoms with Gasteiger partial charge in [-0.2, -0.15) is 0 Å². The smallest absolute Gasteiger partial charge is 0.266 e. The van der Waals surface area contributed by atoms with E-state index in [-0.39, 0.29) is 50.2 Å². The lowest BCUT2D eigenvalue weighted by molar-refractivity contribution is -0.138. The largest absolute Gasteiger partial charge is 0.434 e. The highest BCUT2D eigenvalue weighted by Gasteiger charge is 2.42. The van der Waals surface area contributed by atoms with Crippen LogP contribution in [0.4, 0.5) is 5.69 Å². The summed E-state index contributed by atoms with van der Waals surface area (Å²) in [4.78, 5) is 54.6. The number of hydrogen-bond donors (Lipinski definition) is 5. The van der Waals surface area contributed by atoms with E-state index in [4.69, 9.17) is 36.9 Å². The van der Waals surface area contributed by atoms with Crippen LogP contribution in [-0.4, -0.2) is 76.2 Å². The number of rotatable bonds is 13. The van der Waals surface area contributed by atoms with Crippen LogP contribution in [-0.2, 0) is 33.8 Å². The first-order chi connectivity index (χ1) is 26.6. The lowest BCUT2D eigenvalue weighted by atomic mass is 9.99. The molecule has 5 aromatic rings. The molecule has 0 saturated carbocycles. The predicted octanol–water partition coefficient (Wildman–Crippen LogP) is 5.36. The van der Waals surface area contributed by atoms with Crippen molar-refractivity contribution in [3.05, 3.63) is 110 Å². The molecule has 2 aliphatic rings. The van der Waals surface area contributed by atoms with Crippen molar-refractivity contribution in [2.75, 3.05) is 25.0 Å². The molecule has 0 spiro atoms. The summed E-state index contributed by atoms with van der Waals surface area (Å²) in [6.07, 6.45) is 1.96. The maximum Gasteiger partial charge on any atom is 0.266 e. The molecule has 2 saturated heterocycles. The Morgan fingerprint density at radius 1 is 1.05 bits per heavy atom. The molecule has 3 aromatic carbocycles. The van der Waals surface area contributed by atoms with Crippen molar-refractivity contribution in [3.63, 3.8) is 0 Å². The Morgan fingerprint density at radius 3 is 2.51 bits per heavy atom. The number of nitrogens with zero attached hydrogens (tertiary/aromatic N) is 3. The highest BCUT2D eigenvalue weighted by molar-refractivity contribution is 7.11. The van der Waals surface area contributed by atoms with Crippen LogP contribution < -0.4 is 21.7 Å². The average molecular weight is 783 g/mol. The number of hydrogen-bond acceptors (Lipinski definition) is 10. The first-order valence-corrected chi connectivity index (χ1v) is 19.5. The second kappa shape index (κ2) is 17.1. The molecule has 55 heavy (non-hydrogen) atoms. The number of piperidine rings is 1. The molecule has 6 N–H and O–H groups in total. The third-order valence-electron chi connectivity index (χ3n) is 10.0. The predicted molar refractivity (Wildman–Crippen MR) is 211 cm³/mol. The molecule has 0 aliphatic carbocycles. The SMILES string of the molecule is Cc1sc(C2CCNCC2)nc1CC(=O)N1C[C@H](OCc2ccc(Cl)cc2)C[C@H]1C(=O)N[C@@H](Cc1ccc(NC(=N)N)cc1)C(=O)c1nc2ccccc2o1. The number of nitrogens with one attached hydrogen (secondary N) is 4. The van der Waals surface area contributed by atoms with E-state index in [1.807, 2.05) is 19.1 Å². The Bertz CT molecular complexity index is 2130. The summed E-state index contributed by atoms with van der Waals surface area (Å²) in [7, 11) is 0. The summed E-state index contributed by atoms with van der Waals surface area (Å²) in [5.74, 6) is -1.21. The number of nitrogens with two attached hydrogens (primary N) is 1. The number of oxazole rings is 1. The van der Waals surface area contributed by atoms with Gasteiger partial charge in [0.15, 0.2) is 11.5 Å². The Balaban J connectivity index is 1.13. The van der Waals surface area contributed by atoms with E-state index in [9.17, 15) is 14.4 Å². The van der Waals surface area contributed by atoms with E-state index in [0.717, 1.165) is 52.6 Å². The molecule has 286 valence electrons. The number of Topliss-reactive ketones (excluding diaryl/α,β-unsaturated/α-hetero) is 1. The van der Waals surface area contributed by atoms with E-state index in [1.54, 1.807) is 76.9 Å². The van der Waals surface area contributed by atoms with Crippen molar-refractivity contribution in [1.82, 2.24) is 25.5 Å². The van der Waals surface area contributed by atoms with Crippen LogP contribution in [0, 0.1) is 12.3 Å². The Hall–Kier alpha value is -5.15. The number of ether oxygens (including phenoxy) is 1. The highest BCUT2D eigenvalue weighted by atomic mass is 35.5. The van der Waals surface area contributed by atoms with Gasteiger partial charge < -0.3 is 35.7 Å². The molecule has 0 bridgehead atoms. The normalized spacial score (nSPS) is 18.0. The van der Waals surface area contributed by atoms with E-state index < -0.39 is 29.9 Å². The van der Waals surface area contributed by atoms with Crippen LogP contribution in [0.25, 0.3) is 11.1 Å². The summed E-state index contributed by atoms with van der Waals surface area (Å²) >= 11 is 7.72. The van der Waals surface area contributed by atoms with E-state index in [0.29, 0.717) is 27.7 Å². The van der Waals surface area contributed by atoms with E-state index in [1.165, 1.54) is 0 Å². The van der Waals surface area contributed by atoms with Gasteiger partial charge in [-0.15, -0.1) is 11.3 Å². The average Bonchev–Trinajstić information content (AvgIpc) is 3.92. The topological polar surface area (TPSA) is 189 Å². The van der Waals surface area contributed by atoms with Gasteiger partial charge >= 0.3 is 0 Å². The fourth-order valence-corrected chi connectivity index (χ4v) is 8.29. The minimum absolute atomic E-state index is 0.0485. The zero-order chi connectivity index (χ0) is 38.5. The zero-order valence-corrected chi connectivity index (χ0v) is 31.9. The summed E-state index contributed by atoms with van der Waals surface area (Å²) in [5.41, 5.74) is 9.42. The first kappa shape index (κ1) is 38.1. The number of para-hydroxylation sites is 2. The van der Waals surface area contributed by atoms with Crippen molar-refractivity contribution in [2.24, 2.45) is 5.73 Å². The first-order valence-electron chi connectivity index (χ1n) is 18.3. The van der Waals surface area contributed by atoms with Crippen LogP contribution >= 0.6 is 22.9 Å². The van der Waals surface area contributed by atoms with Gasteiger partial charge in [-0.25, -0.2) is 9.97 Å². The Morgan fingerprint density at radius 2 is 1.78 bits per heavy atom. The second-order valence-electron chi connectivity index (χ2n) is 14.0. The van der Waals surface area contributed by atoms with Gasteiger partial charge in [-0.3, -0.25) is 19.8 Å². The van der Waals surface area contributed by atoms with E-state index in [2.05, 4.69) is 20.9 Å². The molecule has 2 aliphatic heterocycles. The third-order valence-corrected chi connectivity index (χ3v) is 11.4. The molecule has 2 amide bonds. The number of aromatic nitrogens is 2. The molecule has 4 heterocycles. The molecule has 2 fully saturated rings. The summed E-state index contributed by atoms with van der Waals surface area (Å²) in [6.45, 7) is 4.34. The maximum atomic E-state index is 14.4. The number of thiazole rings is 1. The molecular weight excluding hydrogens is 740 g/mol. The molecule has 0 radical (unpaired) electrons.